The summed E-state index contributed by atoms with van der Waals surface area (Å²) in [7, 11) is 3.43. The minimum Gasteiger partial charge on any atom is -0.495 e. The van der Waals surface area contributed by atoms with Gasteiger partial charge in [0.2, 0.25) is 0 Å². The zero-order valence-corrected chi connectivity index (χ0v) is 30.5. The van der Waals surface area contributed by atoms with Crippen molar-refractivity contribution in [1.29, 1.82) is 0 Å². The largest absolute Gasteiger partial charge is 0.495 e. The zero-order chi connectivity index (χ0) is 34.4. The maximum absolute atomic E-state index is 14.0. The Balaban J connectivity index is 1.01. The number of ether oxygens (including phenoxy) is 4. The van der Waals surface area contributed by atoms with E-state index in [2.05, 4.69) is 62.5 Å². The fourth-order valence-corrected chi connectivity index (χ4v) is 16.8. The lowest BCUT2D eigenvalue weighted by Crippen LogP contribution is -2.76. The molecule has 11 aliphatic rings. The Kier molecular flexibility index (Phi) is 5.57. The molecule has 1 saturated carbocycles. The van der Waals surface area contributed by atoms with Crippen molar-refractivity contribution in [3.05, 3.63) is 64.9 Å². The van der Waals surface area contributed by atoms with Crippen molar-refractivity contribution in [2.45, 2.75) is 92.5 Å². The Bertz CT molecular complexity index is 2000. The average Bonchev–Trinajstić information content (AvgIpc) is 4.02. The number of carbonyl (C=O) groups is 1. The predicted molar refractivity (Wildman–Crippen MR) is 195 cm³/mol. The van der Waals surface area contributed by atoms with Gasteiger partial charge < -0.3 is 29.2 Å². The summed E-state index contributed by atoms with van der Waals surface area (Å²) in [5, 5.41) is 3.82. The second-order valence-corrected chi connectivity index (χ2v) is 18.8. The highest BCUT2D eigenvalue weighted by Crippen LogP contribution is 2.75. The fraction of sp³-hybridized carbons (Fsp3) is 0.651. The van der Waals surface area contributed by atoms with Crippen LogP contribution >= 0.6 is 0 Å². The molecule has 2 aromatic carbocycles. The molecular weight excluding hydrogens is 652 g/mol. The number of anilines is 2. The number of nitrogens with zero attached hydrogens (tertiary/aromatic N) is 3. The number of rotatable bonds is 2. The van der Waals surface area contributed by atoms with E-state index < -0.39 is 0 Å². The first kappa shape index (κ1) is 30.2. The van der Waals surface area contributed by atoms with Crippen molar-refractivity contribution in [2.75, 3.05) is 70.4 Å². The molecule has 0 unspecified atom stereocenters. The number of piperidine rings is 3. The molecule has 52 heavy (non-hydrogen) atoms. The molecule has 0 amide bonds. The third-order valence-electron chi connectivity index (χ3n) is 17.5. The van der Waals surface area contributed by atoms with Crippen LogP contribution in [-0.4, -0.2) is 106 Å². The van der Waals surface area contributed by atoms with Crippen LogP contribution in [0.5, 0.6) is 5.75 Å². The zero-order valence-electron chi connectivity index (χ0n) is 30.5. The first-order valence-electron chi connectivity index (χ1n) is 20.3. The third-order valence-corrected chi connectivity index (χ3v) is 17.5. The molecule has 9 aliphatic heterocycles. The number of hydrogen-bond donors (Lipinski definition) is 1. The van der Waals surface area contributed by atoms with Gasteiger partial charge in [-0.25, -0.2) is 4.79 Å². The van der Waals surface area contributed by atoms with Gasteiger partial charge in [-0.05, 0) is 93.6 Å². The molecule has 8 fully saturated rings. The number of benzene rings is 2. The van der Waals surface area contributed by atoms with E-state index in [1.807, 2.05) is 7.11 Å². The second-order valence-electron chi connectivity index (χ2n) is 18.8. The van der Waals surface area contributed by atoms with Gasteiger partial charge in [0.15, 0.2) is 0 Å². The molecule has 5 spiro atoms. The van der Waals surface area contributed by atoms with Crippen LogP contribution in [0.2, 0.25) is 0 Å². The molecule has 7 saturated heterocycles. The number of fused-ring (bicyclic) bond motifs is 4. The van der Waals surface area contributed by atoms with Crippen LogP contribution < -0.4 is 15.0 Å². The van der Waals surface area contributed by atoms with Gasteiger partial charge in [-0.2, -0.15) is 0 Å². The summed E-state index contributed by atoms with van der Waals surface area (Å²) >= 11 is 0. The molecular formula is C43H50N4O5. The fourth-order valence-electron chi connectivity index (χ4n) is 16.8. The highest BCUT2D eigenvalue weighted by atomic mass is 16.5. The lowest BCUT2D eigenvalue weighted by Gasteiger charge is -2.68. The summed E-state index contributed by atoms with van der Waals surface area (Å²) in [6.45, 7) is 7.04. The van der Waals surface area contributed by atoms with Gasteiger partial charge in [-0.3, -0.25) is 9.80 Å². The van der Waals surface area contributed by atoms with E-state index in [9.17, 15) is 4.79 Å². The molecule has 9 nitrogen and oxygen atoms in total. The molecule has 9 heterocycles. The average molecular weight is 703 g/mol. The first-order chi connectivity index (χ1) is 25.4. The van der Waals surface area contributed by atoms with Crippen molar-refractivity contribution in [3.8, 4) is 5.75 Å². The maximum atomic E-state index is 14.0. The molecule has 13 rings (SSSR count). The summed E-state index contributed by atoms with van der Waals surface area (Å²) in [4.78, 5) is 22.7. The van der Waals surface area contributed by atoms with E-state index in [0.29, 0.717) is 30.5 Å². The molecule has 272 valence electrons. The smallest absolute Gasteiger partial charge is 0.335 e. The Hall–Kier alpha value is -3.11. The minimum atomic E-state index is -0.252. The van der Waals surface area contributed by atoms with Crippen molar-refractivity contribution in [1.82, 2.24) is 9.80 Å². The third kappa shape index (κ3) is 3.05. The molecule has 1 N–H and O–H groups in total. The van der Waals surface area contributed by atoms with E-state index in [0.717, 1.165) is 81.4 Å². The van der Waals surface area contributed by atoms with Gasteiger partial charge in [-0.1, -0.05) is 30.3 Å². The summed E-state index contributed by atoms with van der Waals surface area (Å²) < 4.78 is 26.0. The van der Waals surface area contributed by atoms with E-state index in [4.69, 9.17) is 18.9 Å². The second kappa shape index (κ2) is 9.57. The number of hydrogen-bond acceptors (Lipinski definition) is 9. The summed E-state index contributed by atoms with van der Waals surface area (Å²) in [5.74, 6) is 1.38. The lowest BCUT2D eigenvalue weighted by molar-refractivity contribution is -0.174. The summed E-state index contributed by atoms with van der Waals surface area (Å²) in [5.41, 5.74) is 7.13. The van der Waals surface area contributed by atoms with Crippen LogP contribution in [0.3, 0.4) is 0 Å². The number of esters is 1. The Morgan fingerprint density at radius 3 is 2.62 bits per heavy atom. The Morgan fingerprint density at radius 2 is 1.71 bits per heavy atom. The topological polar surface area (TPSA) is 75.7 Å². The Morgan fingerprint density at radius 1 is 0.865 bits per heavy atom. The minimum absolute atomic E-state index is 0.0538. The van der Waals surface area contributed by atoms with Crippen molar-refractivity contribution >= 4 is 17.3 Å². The predicted octanol–water partition coefficient (Wildman–Crippen LogP) is 4.84. The van der Waals surface area contributed by atoms with Gasteiger partial charge in [0.05, 0.1) is 43.1 Å². The number of carbonyl (C=O) groups excluding carboxylic acids is 1. The van der Waals surface area contributed by atoms with Crippen LogP contribution in [0.1, 0.15) is 62.5 Å². The van der Waals surface area contributed by atoms with Gasteiger partial charge in [-0.15, -0.1) is 0 Å². The van der Waals surface area contributed by atoms with Crippen LogP contribution in [0.25, 0.3) is 0 Å². The maximum Gasteiger partial charge on any atom is 0.335 e. The quantitative estimate of drug-likeness (QED) is 0.443. The summed E-state index contributed by atoms with van der Waals surface area (Å²) in [6, 6.07) is 17.1. The van der Waals surface area contributed by atoms with E-state index in [-0.39, 0.29) is 45.2 Å². The van der Waals surface area contributed by atoms with Crippen molar-refractivity contribution < 1.29 is 23.7 Å². The van der Waals surface area contributed by atoms with E-state index in [1.54, 1.807) is 12.7 Å². The van der Waals surface area contributed by atoms with Crippen molar-refractivity contribution in [2.24, 2.45) is 22.2 Å². The van der Waals surface area contributed by atoms with Crippen LogP contribution in [0.4, 0.5) is 11.4 Å². The molecule has 9 heteroatoms. The van der Waals surface area contributed by atoms with Gasteiger partial charge in [0.25, 0.3) is 0 Å². The first-order valence-corrected chi connectivity index (χ1v) is 20.3. The van der Waals surface area contributed by atoms with Crippen LogP contribution in [0, 0.1) is 22.2 Å². The standard InChI is InChI=1S/C43H50N4O5/c1-49-30-9-5-7-28-32(30)47-24-39(20-25-21-40-13-18-51-31(40)10-15-45-16-12-43(28,34(25)47)36(40)45)23-46-17-11-42-27-6-3-4-8-29(27)44-33(42)26(35(48)50-2)22-41(37(42)46)14-19-52-38(39)41/h3-9,25,31,34,36-38,44H,10-24H2,1-2H3/t25-,31-,34+,36-,37-,38-,39-,40+,41-,42-,43-/m0/s1. The Labute approximate surface area is 305 Å². The number of methoxy groups -OCH3 is 2. The molecule has 0 aromatic heterocycles. The summed E-state index contributed by atoms with van der Waals surface area (Å²) in [6.07, 6.45) is 9.09. The number of nitrogens with one attached hydrogen (secondary N) is 1. The molecule has 0 radical (unpaired) electrons. The van der Waals surface area contributed by atoms with E-state index >= 15 is 0 Å². The monoisotopic (exact) mass is 702 g/mol. The van der Waals surface area contributed by atoms with Crippen LogP contribution in [-0.2, 0) is 29.8 Å². The van der Waals surface area contributed by atoms with Gasteiger partial charge in [0, 0.05) is 84.0 Å². The highest BCUT2D eigenvalue weighted by molar-refractivity contribution is 5.93. The lowest BCUT2D eigenvalue weighted by atomic mass is 9.44. The van der Waals surface area contributed by atoms with E-state index in [1.165, 1.54) is 43.5 Å². The van der Waals surface area contributed by atoms with Gasteiger partial charge in [0.1, 0.15) is 5.75 Å². The SMILES string of the molecule is COC(=O)C1=C2Nc3ccccc3[C@@]23CCN2C[C@]4(C[C@H]5C[C@]67CCO[C@H]6CCN6CC[C@@]8(c9cccc(OC)c9N(C4)[C@H]58)[C@@H]67)[C@@H]4OCC[C@]4(C1)[C@H]23. The molecule has 11 atom stereocenters. The van der Waals surface area contributed by atoms with Crippen molar-refractivity contribution in [3.63, 3.8) is 0 Å². The molecule has 2 aliphatic carbocycles. The molecule has 0 bridgehead atoms. The van der Waals surface area contributed by atoms with Gasteiger partial charge >= 0.3 is 5.97 Å². The highest BCUT2D eigenvalue weighted by Gasteiger charge is 2.79. The molecule has 2 aromatic rings. The normalized spacial score (nSPS) is 46.8. The van der Waals surface area contributed by atoms with Crippen LogP contribution in [0.15, 0.2) is 53.7 Å². The number of para-hydroxylation sites is 2.